The molecule has 72 valence electrons. The predicted molar refractivity (Wildman–Crippen MR) is 52.5 cm³/mol. The minimum Gasteiger partial charge on any atom is -0.316 e. The van der Waals surface area contributed by atoms with Crippen molar-refractivity contribution in [1.29, 1.82) is 0 Å². The summed E-state index contributed by atoms with van der Waals surface area (Å²) in [6.45, 7) is 2.41. The van der Waals surface area contributed by atoms with Crippen molar-refractivity contribution in [2.75, 3.05) is 13.1 Å². The highest BCUT2D eigenvalue weighted by Crippen LogP contribution is 2.15. The molecule has 1 aromatic rings. The largest absolute Gasteiger partial charge is 0.316 e. The van der Waals surface area contributed by atoms with Gasteiger partial charge in [-0.25, -0.2) is 0 Å². The van der Waals surface area contributed by atoms with Crippen LogP contribution in [0.3, 0.4) is 0 Å². The number of hydrogen-bond donors (Lipinski definition) is 1. The molecule has 3 heteroatoms. The number of aromatic nitrogens is 2. The molecule has 13 heavy (non-hydrogen) atoms. The molecule has 0 bridgehead atoms. The second kappa shape index (κ2) is 3.92. The zero-order valence-electron chi connectivity index (χ0n) is 8.16. The first kappa shape index (κ1) is 8.75. The molecular weight excluding hydrogens is 162 g/mol. The molecule has 2 heterocycles. The summed E-state index contributed by atoms with van der Waals surface area (Å²) in [6, 6.07) is 2.11. The molecule has 0 spiro atoms. The third-order valence-corrected chi connectivity index (χ3v) is 2.89. The van der Waals surface area contributed by atoms with Gasteiger partial charge in [0.05, 0.1) is 0 Å². The molecule has 0 aromatic carbocycles. The number of nitrogens with zero attached hydrogens (tertiary/aromatic N) is 2. The fourth-order valence-electron chi connectivity index (χ4n) is 1.96. The predicted octanol–water partition coefficient (Wildman–Crippen LogP) is 0.962. The summed E-state index contributed by atoms with van der Waals surface area (Å²) in [4.78, 5) is 0. The van der Waals surface area contributed by atoms with Gasteiger partial charge in [0.15, 0.2) is 0 Å². The molecule has 1 aromatic heterocycles. The maximum absolute atomic E-state index is 4.16. The maximum atomic E-state index is 4.16. The Balaban J connectivity index is 1.82. The van der Waals surface area contributed by atoms with Gasteiger partial charge in [-0.3, -0.25) is 4.68 Å². The molecule has 3 nitrogen and oxygen atoms in total. The van der Waals surface area contributed by atoms with Gasteiger partial charge in [-0.05, 0) is 44.3 Å². The average Bonchev–Trinajstić information content (AvgIpc) is 2.72. The van der Waals surface area contributed by atoms with Gasteiger partial charge < -0.3 is 5.32 Å². The Kier molecular flexibility index (Phi) is 2.64. The van der Waals surface area contributed by atoms with Crippen LogP contribution in [0.4, 0.5) is 0 Å². The fourth-order valence-corrected chi connectivity index (χ4v) is 1.96. The second-order valence-electron chi connectivity index (χ2n) is 3.84. The van der Waals surface area contributed by atoms with Crippen molar-refractivity contribution >= 4 is 0 Å². The molecule has 0 amide bonds. The van der Waals surface area contributed by atoms with Crippen LogP contribution in [0, 0.1) is 5.92 Å². The lowest BCUT2D eigenvalue weighted by atomic mass is 10.0. The standard InChI is InChI=1S/C10H17N3/c1-13-10(5-7-12-13)3-2-9-4-6-11-8-9/h5,7,9,11H,2-4,6,8H2,1H3. The van der Waals surface area contributed by atoms with Crippen molar-refractivity contribution in [2.45, 2.75) is 19.3 Å². The Labute approximate surface area is 79.1 Å². The van der Waals surface area contributed by atoms with Crippen LogP contribution in [0.1, 0.15) is 18.5 Å². The Morgan fingerprint density at radius 1 is 1.69 bits per heavy atom. The van der Waals surface area contributed by atoms with E-state index in [0.717, 1.165) is 5.92 Å². The Bertz CT molecular complexity index is 261. The first-order chi connectivity index (χ1) is 6.36. The number of nitrogens with one attached hydrogen (secondary N) is 1. The summed E-state index contributed by atoms with van der Waals surface area (Å²) in [5, 5.41) is 7.56. The van der Waals surface area contributed by atoms with E-state index < -0.39 is 0 Å². The lowest BCUT2D eigenvalue weighted by Gasteiger charge is -2.07. The zero-order chi connectivity index (χ0) is 9.10. The third-order valence-electron chi connectivity index (χ3n) is 2.89. The van der Waals surface area contributed by atoms with E-state index in [1.807, 2.05) is 17.9 Å². The molecule has 2 rings (SSSR count). The lowest BCUT2D eigenvalue weighted by molar-refractivity contribution is 0.519. The highest BCUT2D eigenvalue weighted by molar-refractivity contribution is 5.00. The quantitative estimate of drug-likeness (QED) is 0.749. The van der Waals surface area contributed by atoms with Gasteiger partial charge in [-0.1, -0.05) is 0 Å². The fraction of sp³-hybridized carbons (Fsp3) is 0.700. The highest BCUT2D eigenvalue weighted by atomic mass is 15.2. The van der Waals surface area contributed by atoms with E-state index in [0.29, 0.717) is 0 Å². The van der Waals surface area contributed by atoms with Crippen LogP contribution in [0.2, 0.25) is 0 Å². The van der Waals surface area contributed by atoms with Crippen LogP contribution >= 0.6 is 0 Å². The molecule has 1 atom stereocenters. The molecular formula is C10H17N3. The first-order valence-corrected chi connectivity index (χ1v) is 5.04. The van der Waals surface area contributed by atoms with E-state index >= 15 is 0 Å². The Hall–Kier alpha value is -0.830. The summed E-state index contributed by atoms with van der Waals surface area (Å²) in [7, 11) is 2.02. The summed E-state index contributed by atoms with van der Waals surface area (Å²) in [5.41, 5.74) is 1.35. The van der Waals surface area contributed by atoms with Gasteiger partial charge in [0.2, 0.25) is 0 Å². The van der Waals surface area contributed by atoms with Crippen LogP contribution in [0.5, 0.6) is 0 Å². The summed E-state index contributed by atoms with van der Waals surface area (Å²) >= 11 is 0. The number of aryl methyl sites for hydroxylation is 2. The van der Waals surface area contributed by atoms with Gasteiger partial charge in [0.25, 0.3) is 0 Å². The molecule has 0 aliphatic carbocycles. The lowest BCUT2D eigenvalue weighted by Crippen LogP contribution is -2.10. The third kappa shape index (κ3) is 2.10. The second-order valence-corrected chi connectivity index (χ2v) is 3.84. The minimum absolute atomic E-state index is 0.884. The Morgan fingerprint density at radius 2 is 2.62 bits per heavy atom. The zero-order valence-corrected chi connectivity index (χ0v) is 8.16. The minimum atomic E-state index is 0.884. The molecule has 1 aliphatic rings. The van der Waals surface area contributed by atoms with E-state index in [-0.39, 0.29) is 0 Å². The van der Waals surface area contributed by atoms with Crippen molar-refractivity contribution in [2.24, 2.45) is 13.0 Å². The van der Waals surface area contributed by atoms with Gasteiger partial charge in [0.1, 0.15) is 0 Å². The summed E-state index contributed by atoms with van der Waals surface area (Å²) in [6.07, 6.45) is 5.69. The van der Waals surface area contributed by atoms with Crippen molar-refractivity contribution in [3.05, 3.63) is 18.0 Å². The highest BCUT2D eigenvalue weighted by Gasteiger charge is 2.14. The SMILES string of the molecule is Cn1nccc1CCC1CCNC1. The van der Waals surface area contributed by atoms with Crippen LogP contribution in [-0.2, 0) is 13.5 Å². The topological polar surface area (TPSA) is 29.9 Å². The van der Waals surface area contributed by atoms with Crippen molar-refractivity contribution in [3.63, 3.8) is 0 Å². The smallest absolute Gasteiger partial charge is 0.0492 e. The van der Waals surface area contributed by atoms with Crippen molar-refractivity contribution < 1.29 is 0 Å². The van der Waals surface area contributed by atoms with E-state index in [4.69, 9.17) is 0 Å². The molecule has 0 radical (unpaired) electrons. The van der Waals surface area contributed by atoms with Crippen molar-refractivity contribution in [1.82, 2.24) is 15.1 Å². The maximum Gasteiger partial charge on any atom is 0.0492 e. The first-order valence-electron chi connectivity index (χ1n) is 5.04. The normalized spacial score (nSPS) is 22.4. The van der Waals surface area contributed by atoms with Crippen molar-refractivity contribution in [3.8, 4) is 0 Å². The van der Waals surface area contributed by atoms with E-state index in [2.05, 4.69) is 16.5 Å². The Morgan fingerprint density at radius 3 is 3.23 bits per heavy atom. The van der Waals surface area contributed by atoms with Gasteiger partial charge in [-0.15, -0.1) is 0 Å². The van der Waals surface area contributed by atoms with E-state index in [1.54, 1.807) is 0 Å². The average molecular weight is 179 g/mol. The molecule has 1 N–H and O–H groups in total. The number of hydrogen-bond acceptors (Lipinski definition) is 2. The number of rotatable bonds is 3. The summed E-state index contributed by atoms with van der Waals surface area (Å²) in [5.74, 6) is 0.884. The molecule has 1 aliphatic heterocycles. The summed E-state index contributed by atoms with van der Waals surface area (Å²) < 4.78 is 1.97. The van der Waals surface area contributed by atoms with Crippen LogP contribution in [-0.4, -0.2) is 22.9 Å². The monoisotopic (exact) mass is 179 g/mol. The molecule has 1 fully saturated rings. The van der Waals surface area contributed by atoms with Crippen LogP contribution in [0.15, 0.2) is 12.3 Å². The van der Waals surface area contributed by atoms with Gasteiger partial charge in [-0.2, -0.15) is 5.10 Å². The van der Waals surface area contributed by atoms with Crippen LogP contribution in [0.25, 0.3) is 0 Å². The van der Waals surface area contributed by atoms with Gasteiger partial charge >= 0.3 is 0 Å². The van der Waals surface area contributed by atoms with Gasteiger partial charge in [0, 0.05) is 18.9 Å². The van der Waals surface area contributed by atoms with E-state index in [1.165, 1.54) is 38.0 Å². The van der Waals surface area contributed by atoms with E-state index in [9.17, 15) is 0 Å². The molecule has 1 saturated heterocycles. The molecule has 0 saturated carbocycles. The van der Waals surface area contributed by atoms with Crippen LogP contribution < -0.4 is 5.32 Å². The molecule has 1 unspecified atom stereocenters.